The highest BCUT2D eigenvalue weighted by molar-refractivity contribution is 7.98. The number of carboxylic acid groups (broad SMARTS) is 2. The molecule has 2 aliphatic rings. The number of likely N-dealkylation sites (tertiary alicyclic amines) is 2. The molecule has 6 atom stereocenters. The van der Waals surface area contributed by atoms with Gasteiger partial charge in [0, 0.05) is 44.2 Å². The fourth-order valence-corrected chi connectivity index (χ4v) is 7.31. The first-order valence-electron chi connectivity index (χ1n) is 18.8. The second-order valence-corrected chi connectivity index (χ2v) is 15.0. The van der Waals surface area contributed by atoms with Gasteiger partial charge < -0.3 is 52.0 Å². The average Bonchev–Trinajstić information content (AvgIpc) is 4.00. The van der Waals surface area contributed by atoms with Crippen LogP contribution in [0.5, 0.6) is 0 Å². The van der Waals surface area contributed by atoms with Crippen molar-refractivity contribution in [2.24, 2.45) is 5.73 Å². The third kappa shape index (κ3) is 13.0. The molecule has 2 fully saturated rings. The van der Waals surface area contributed by atoms with Gasteiger partial charge in [-0.05, 0) is 56.1 Å². The van der Waals surface area contributed by atoms with Crippen molar-refractivity contribution in [3.05, 3.63) is 54.1 Å². The van der Waals surface area contributed by atoms with Crippen LogP contribution >= 0.6 is 11.8 Å². The molecule has 0 spiro atoms. The van der Waals surface area contributed by atoms with E-state index >= 15 is 0 Å². The first-order valence-corrected chi connectivity index (χ1v) is 20.2. The quantitative estimate of drug-likeness (QED) is 0.0735. The van der Waals surface area contributed by atoms with E-state index in [1.165, 1.54) is 34.1 Å². The van der Waals surface area contributed by atoms with Crippen LogP contribution in [0, 0.1) is 0 Å². The Morgan fingerprint density at radius 3 is 2.16 bits per heavy atom. The fourth-order valence-electron chi connectivity index (χ4n) is 6.82. The van der Waals surface area contributed by atoms with Crippen LogP contribution in [-0.2, 0) is 51.2 Å². The molecule has 6 amide bonds. The van der Waals surface area contributed by atoms with Gasteiger partial charge in [-0.15, -0.1) is 0 Å². The molecule has 2 aliphatic heterocycles. The highest BCUT2D eigenvalue weighted by atomic mass is 32.2. The van der Waals surface area contributed by atoms with Gasteiger partial charge in [0.2, 0.25) is 35.4 Å². The van der Waals surface area contributed by atoms with Crippen LogP contribution in [-0.4, -0.2) is 145 Å². The SMILES string of the molecule is CSCC[C@H](N)C(=O)N[C@H](CCC(=O)O)C(=O)N[C@@H](Cc1cnc[nH]1)C(=O)N[C@@H](Cc1ccccc1)C(=O)N1CCC[C@@H]1C(=O)NCC(=O)N1CCC[C@@H]1C(=O)O. The number of carboxylic acids is 2. The van der Waals surface area contributed by atoms with Gasteiger partial charge in [-0.1, -0.05) is 30.3 Å². The van der Waals surface area contributed by atoms with E-state index in [1.807, 2.05) is 6.26 Å². The Morgan fingerprint density at radius 1 is 0.860 bits per heavy atom. The molecule has 0 bridgehead atoms. The molecule has 19 nitrogen and oxygen atoms in total. The van der Waals surface area contributed by atoms with Crippen molar-refractivity contribution in [3.63, 3.8) is 0 Å². The number of carbonyl (C=O) groups excluding carboxylic acids is 6. The van der Waals surface area contributed by atoms with Gasteiger partial charge in [-0.25, -0.2) is 9.78 Å². The maximum Gasteiger partial charge on any atom is 0.326 e. The molecular weight excluding hydrogens is 763 g/mol. The minimum Gasteiger partial charge on any atom is -0.481 e. The van der Waals surface area contributed by atoms with Gasteiger partial charge in [-0.3, -0.25) is 33.6 Å². The number of carbonyl (C=O) groups is 8. The third-order valence-electron chi connectivity index (χ3n) is 9.87. The number of aliphatic carboxylic acids is 2. The number of benzene rings is 1. The second-order valence-electron chi connectivity index (χ2n) is 14.0. The zero-order valence-electron chi connectivity index (χ0n) is 31.7. The molecule has 20 heteroatoms. The standard InChI is InChI=1S/C37H51N9O10S/c1-57-16-13-24(38)32(50)42-25(11-12-31(48)49)33(51)43-26(18-23-19-39-21-41-23)34(52)44-27(17-22-7-3-2-4-8-22)36(54)46-15-5-9-28(46)35(53)40-20-30(47)45-14-6-10-29(45)37(55)56/h2-4,7-8,19,21,24-29H,5-6,9-18,20,38H2,1H3,(H,39,41)(H,40,53)(H,42,50)(H,43,51)(H,44,52)(H,48,49)(H,55,56)/t24-,25+,26-,27-,28+,29+/m0/s1. The van der Waals surface area contributed by atoms with Gasteiger partial charge >= 0.3 is 11.9 Å². The van der Waals surface area contributed by atoms with Crippen LogP contribution in [0.2, 0.25) is 0 Å². The van der Waals surface area contributed by atoms with Crippen LogP contribution in [0.25, 0.3) is 0 Å². The summed E-state index contributed by atoms with van der Waals surface area (Å²) in [6.07, 6.45) is 5.67. The number of H-pyrrole nitrogens is 1. The molecule has 0 saturated carbocycles. The Labute approximate surface area is 333 Å². The first kappa shape index (κ1) is 44.2. The number of nitrogens with two attached hydrogens (primary N) is 1. The van der Waals surface area contributed by atoms with Crippen LogP contribution in [0.3, 0.4) is 0 Å². The largest absolute Gasteiger partial charge is 0.481 e. The van der Waals surface area contributed by atoms with Gasteiger partial charge in [-0.2, -0.15) is 11.8 Å². The predicted octanol–water partition coefficient (Wildman–Crippen LogP) is -1.22. The Kier molecular flexibility index (Phi) is 16.8. The number of rotatable bonds is 21. The lowest BCUT2D eigenvalue weighted by Gasteiger charge is -2.30. The van der Waals surface area contributed by atoms with Crippen molar-refractivity contribution in [2.45, 2.75) is 94.0 Å². The lowest BCUT2D eigenvalue weighted by molar-refractivity contribution is -0.148. The Hall–Kier alpha value is -5.50. The molecule has 2 saturated heterocycles. The molecule has 1 aromatic heterocycles. The third-order valence-corrected chi connectivity index (χ3v) is 10.5. The van der Waals surface area contributed by atoms with Crippen LogP contribution in [0.15, 0.2) is 42.9 Å². The van der Waals surface area contributed by atoms with Gasteiger partial charge in [0.25, 0.3) is 0 Å². The van der Waals surface area contributed by atoms with Crippen molar-refractivity contribution in [1.29, 1.82) is 0 Å². The monoisotopic (exact) mass is 813 g/mol. The van der Waals surface area contributed by atoms with E-state index < -0.39 is 96.6 Å². The summed E-state index contributed by atoms with van der Waals surface area (Å²) in [5.74, 6) is -5.77. The molecule has 0 aliphatic carbocycles. The van der Waals surface area contributed by atoms with Gasteiger partial charge in [0.15, 0.2) is 0 Å². The van der Waals surface area contributed by atoms with E-state index in [2.05, 4.69) is 31.2 Å². The fraction of sp³-hybridized carbons (Fsp3) is 0.541. The summed E-state index contributed by atoms with van der Waals surface area (Å²) in [7, 11) is 0. The summed E-state index contributed by atoms with van der Waals surface area (Å²) >= 11 is 1.48. The summed E-state index contributed by atoms with van der Waals surface area (Å²) < 4.78 is 0. The zero-order chi connectivity index (χ0) is 41.5. The van der Waals surface area contributed by atoms with Crippen LogP contribution < -0.4 is 27.0 Å². The Bertz CT molecular complexity index is 1730. The summed E-state index contributed by atoms with van der Waals surface area (Å²) in [5, 5.41) is 29.3. The van der Waals surface area contributed by atoms with E-state index in [-0.39, 0.29) is 38.8 Å². The van der Waals surface area contributed by atoms with Crippen molar-refractivity contribution >= 4 is 59.1 Å². The van der Waals surface area contributed by atoms with Crippen LogP contribution in [0.1, 0.15) is 56.2 Å². The van der Waals surface area contributed by atoms with Gasteiger partial charge in [0.05, 0.1) is 18.9 Å². The van der Waals surface area contributed by atoms with Crippen molar-refractivity contribution in [3.8, 4) is 0 Å². The first-order chi connectivity index (χ1) is 27.3. The molecule has 4 rings (SSSR count). The highest BCUT2D eigenvalue weighted by Crippen LogP contribution is 2.21. The maximum absolute atomic E-state index is 14.3. The maximum atomic E-state index is 14.3. The Morgan fingerprint density at radius 2 is 1.51 bits per heavy atom. The van der Waals surface area contributed by atoms with E-state index in [1.54, 1.807) is 30.3 Å². The average molecular weight is 814 g/mol. The van der Waals surface area contributed by atoms with E-state index in [9.17, 15) is 48.6 Å². The number of aromatic nitrogens is 2. The summed E-state index contributed by atoms with van der Waals surface area (Å²) in [6.45, 7) is -0.0118. The Balaban J connectivity index is 1.53. The number of nitrogens with zero attached hydrogens (tertiary/aromatic N) is 3. The molecular formula is C37H51N9O10S. The number of amides is 6. The van der Waals surface area contributed by atoms with E-state index in [0.717, 1.165) is 0 Å². The summed E-state index contributed by atoms with van der Waals surface area (Å²) in [4.78, 5) is 114. The van der Waals surface area contributed by atoms with Crippen molar-refractivity contribution < 1.29 is 48.6 Å². The number of hydrogen-bond acceptors (Lipinski definition) is 11. The van der Waals surface area contributed by atoms with E-state index in [0.29, 0.717) is 42.7 Å². The number of thioether (sulfide) groups is 1. The number of hydrogen-bond donors (Lipinski definition) is 8. The van der Waals surface area contributed by atoms with Crippen LogP contribution in [0.4, 0.5) is 0 Å². The molecule has 3 heterocycles. The second kappa shape index (κ2) is 21.7. The van der Waals surface area contributed by atoms with E-state index in [4.69, 9.17) is 5.73 Å². The van der Waals surface area contributed by atoms with Crippen molar-refractivity contribution in [2.75, 3.05) is 31.6 Å². The number of aromatic amines is 1. The lowest BCUT2D eigenvalue weighted by atomic mass is 10.0. The molecule has 0 radical (unpaired) electrons. The van der Waals surface area contributed by atoms with Crippen molar-refractivity contribution in [1.82, 2.24) is 41.0 Å². The molecule has 1 aromatic carbocycles. The number of nitrogens with one attached hydrogen (secondary N) is 5. The molecule has 0 unspecified atom stereocenters. The normalized spacial score (nSPS) is 18.5. The minimum absolute atomic E-state index is 0.0101. The molecule has 57 heavy (non-hydrogen) atoms. The summed E-state index contributed by atoms with van der Waals surface area (Å²) in [6, 6.07) is 2.00. The predicted molar refractivity (Wildman–Crippen MR) is 206 cm³/mol. The number of imidazole rings is 1. The smallest absolute Gasteiger partial charge is 0.326 e. The molecule has 2 aromatic rings. The van der Waals surface area contributed by atoms with Gasteiger partial charge in [0.1, 0.15) is 30.2 Å². The molecule has 310 valence electrons. The highest BCUT2D eigenvalue weighted by Gasteiger charge is 2.40. The topological polar surface area (TPSA) is 286 Å². The minimum atomic E-state index is -1.36. The molecule has 9 N–H and O–H groups in total. The summed E-state index contributed by atoms with van der Waals surface area (Å²) in [5.41, 5.74) is 7.13. The lowest BCUT2D eigenvalue weighted by Crippen LogP contribution is -2.59. The zero-order valence-corrected chi connectivity index (χ0v) is 32.5.